The van der Waals surface area contributed by atoms with Crippen LogP contribution >= 0.6 is 0 Å². The van der Waals surface area contributed by atoms with E-state index < -0.39 is 0 Å². The molecule has 0 aliphatic heterocycles. The van der Waals surface area contributed by atoms with Gasteiger partial charge < -0.3 is 0 Å². The Morgan fingerprint density at radius 1 is 0.929 bits per heavy atom. The molecule has 0 spiro atoms. The van der Waals surface area contributed by atoms with Gasteiger partial charge in [0.05, 0.1) is 0 Å². The van der Waals surface area contributed by atoms with E-state index in [1.165, 1.54) is 12.8 Å². The smallest absolute Gasteiger partial charge is 0.0329 e. The molecule has 2 atom stereocenters. The van der Waals surface area contributed by atoms with Crippen molar-refractivity contribution in [2.45, 2.75) is 68.2 Å². The summed E-state index contributed by atoms with van der Waals surface area (Å²) < 4.78 is 0. The lowest BCUT2D eigenvalue weighted by Crippen LogP contribution is -2.28. The SMILES string of the molecule is CCC(C)(C)C(C)C(C)CC(C)(C)C. The molecular formula is C14H30. The van der Waals surface area contributed by atoms with Crippen molar-refractivity contribution in [3.63, 3.8) is 0 Å². The van der Waals surface area contributed by atoms with E-state index in [0.717, 1.165) is 11.8 Å². The van der Waals surface area contributed by atoms with Crippen LogP contribution in [0.4, 0.5) is 0 Å². The highest BCUT2D eigenvalue weighted by molar-refractivity contribution is 4.80. The van der Waals surface area contributed by atoms with Gasteiger partial charge in [-0.05, 0) is 29.1 Å². The number of hydrogen-bond donors (Lipinski definition) is 0. The monoisotopic (exact) mass is 198 g/mol. The van der Waals surface area contributed by atoms with E-state index in [0.29, 0.717) is 10.8 Å². The molecule has 86 valence electrons. The van der Waals surface area contributed by atoms with Crippen LogP contribution in [0.15, 0.2) is 0 Å². The topological polar surface area (TPSA) is 0 Å². The highest BCUT2D eigenvalue weighted by atomic mass is 14.4. The fourth-order valence-electron chi connectivity index (χ4n) is 2.23. The average molecular weight is 198 g/mol. The van der Waals surface area contributed by atoms with Gasteiger partial charge in [-0.15, -0.1) is 0 Å². The summed E-state index contributed by atoms with van der Waals surface area (Å²) in [6.45, 7) is 19.0. The Kier molecular flexibility index (Phi) is 4.68. The van der Waals surface area contributed by atoms with E-state index in [2.05, 4.69) is 55.4 Å². The Balaban J connectivity index is 4.33. The van der Waals surface area contributed by atoms with E-state index in [4.69, 9.17) is 0 Å². The van der Waals surface area contributed by atoms with Crippen molar-refractivity contribution in [1.29, 1.82) is 0 Å². The van der Waals surface area contributed by atoms with Crippen LogP contribution in [0, 0.1) is 22.7 Å². The Bertz CT molecular complexity index is 159. The molecule has 14 heavy (non-hydrogen) atoms. The summed E-state index contributed by atoms with van der Waals surface area (Å²) in [5.74, 6) is 1.64. The van der Waals surface area contributed by atoms with E-state index in [9.17, 15) is 0 Å². The summed E-state index contributed by atoms with van der Waals surface area (Å²) in [6, 6.07) is 0. The molecule has 0 N–H and O–H groups in total. The summed E-state index contributed by atoms with van der Waals surface area (Å²) in [5.41, 5.74) is 0.960. The third kappa shape index (κ3) is 4.48. The minimum Gasteiger partial charge on any atom is -0.0649 e. The van der Waals surface area contributed by atoms with Crippen molar-refractivity contribution in [3.8, 4) is 0 Å². The zero-order chi connectivity index (χ0) is 11.6. The van der Waals surface area contributed by atoms with Crippen LogP contribution in [0.25, 0.3) is 0 Å². The van der Waals surface area contributed by atoms with Crippen LogP contribution in [0.5, 0.6) is 0 Å². The van der Waals surface area contributed by atoms with E-state index in [-0.39, 0.29) is 0 Å². The second kappa shape index (κ2) is 4.68. The summed E-state index contributed by atoms with van der Waals surface area (Å²) in [4.78, 5) is 0. The van der Waals surface area contributed by atoms with E-state index >= 15 is 0 Å². The molecule has 0 rings (SSSR count). The Morgan fingerprint density at radius 2 is 1.36 bits per heavy atom. The third-order valence-electron chi connectivity index (χ3n) is 3.93. The maximum absolute atomic E-state index is 2.42. The fourth-order valence-corrected chi connectivity index (χ4v) is 2.23. The summed E-state index contributed by atoms with van der Waals surface area (Å²) in [6.07, 6.45) is 2.61. The lowest BCUT2D eigenvalue weighted by atomic mass is 9.68. The molecule has 0 heterocycles. The summed E-state index contributed by atoms with van der Waals surface area (Å²) >= 11 is 0. The molecule has 0 amide bonds. The second-order valence-electron chi connectivity index (χ2n) is 6.87. The van der Waals surface area contributed by atoms with Gasteiger partial charge >= 0.3 is 0 Å². The van der Waals surface area contributed by atoms with Crippen molar-refractivity contribution in [2.75, 3.05) is 0 Å². The zero-order valence-corrected chi connectivity index (χ0v) is 11.6. The standard InChI is InChI=1S/C14H30/c1-9-14(7,8)12(3)11(2)10-13(4,5)6/h11-12H,9-10H2,1-8H3. The normalized spacial score (nSPS) is 18.0. The van der Waals surface area contributed by atoms with Gasteiger partial charge in [0.2, 0.25) is 0 Å². The van der Waals surface area contributed by atoms with Gasteiger partial charge in [0.25, 0.3) is 0 Å². The van der Waals surface area contributed by atoms with Gasteiger partial charge in [0.15, 0.2) is 0 Å². The van der Waals surface area contributed by atoms with Gasteiger partial charge in [-0.2, -0.15) is 0 Å². The lowest BCUT2D eigenvalue weighted by Gasteiger charge is -2.37. The van der Waals surface area contributed by atoms with Crippen LogP contribution in [0.2, 0.25) is 0 Å². The molecule has 0 nitrogen and oxygen atoms in total. The van der Waals surface area contributed by atoms with Crippen molar-refractivity contribution in [3.05, 3.63) is 0 Å². The second-order valence-corrected chi connectivity index (χ2v) is 6.87. The molecule has 0 aliphatic carbocycles. The zero-order valence-electron chi connectivity index (χ0n) is 11.6. The Morgan fingerprint density at radius 3 is 1.64 bits per heavy atom. The van der Waals surface area contributed by atoms with Crippen LogP contribution in [0.3, 0.4) is 0 Å². The average Bonchev–Trinajstić information content (AvgIpc) is 2.00. The molecule has 2 unspecified atom stereocenters. The largest absolute Gasteiger partial charge is 0.0649 e. The van der Waals surface area contributed by atoms with Crippen molar-refractivity contribution < 1.29 is 0 Å². The highest BCUT2D eigenvalue weighted by Gasteiger charge is 2.30. The lowest BCUT2D eigenvalue weighted by molar-refractivity contribution is 0.126. The Labute approximate surface area is 91.5 Å². The highest BCUT2D eigenvalue weighted by Crippen LogP contribution is 2.39. The van der Waals surface area contributed by atoms with Gasteiger partial charge in [-0.3, -0.25) is 0 Å². The number of hydrogen-bond acceptors (Lipinski definition) is 0. The predicted octanol–water partition coefficient (Wildman–Crippen LogP) is 5.13. The summed E-state index contributed by atoms with van der Waals surface area (Å²) in [7, 11) is 0. The molecule has 0 aliphatic rings. The molecule has 0 heteroatoms. The van der Waals surface area contributed by atoms with Gasteiger partial charge in [0, 0.05) is 0 Å². The molecular weight excluding hydrogens is 168 g/mol. The van der Waals surface area contributed by atoms with E-state index in [1.807, 2.05) is 0 Å². The maximum atomic E-state index is 2.42. The third-order valence-corrected chi connectivity index (χ3v) is 3.93. The van der Waals surface area contributed by atoms with Crippen molar-refractivity contribution in [1.82, 2.24) is 0 Å². The van der Waals surface area contributed by atoms with Crippen LogP contribution < -0.4 is 0 Å². The van der Waals surface area contributed by atoms with Crippen molar-refractivity contribution in [2.24, 2.45) is 22.7 Å². The van der Waals surface area contributed by atoms with Gasteiger partial charge in [0.1, 0.15) is 0 Å². The molecule has 0 radical (unpaired) electrons. The molecule has 0 fully saturated rings. The molecule has 0 aromatic carbocycles. The molecule has 0 aromatic heterocycles. The van der Waals surface area contributed by atoms with Gasteiger partial charge in [-0.25, -0.2) is 0 Å². The molecule has 0 aromatic rings. The first-order chi connectivity index (χ1) is 6.10. The van der Waals surface area contributed by atoms with Crippen LogP contribution in [-0.4, -0.2) is 0 Å². The van der Waals surface area contributed by atoms with Crippen molar-refractivity contribution >= 4 is 0 Å². The molecule has 0 saturated heterocycles. The van der Waals surface area contributed by atoms with Crippen LogP contribution in [-0.2, 0) is 0 Å². The van der Waals surface area contributed by atoms with E-state index in [1.54, 1.807) is 0 Å². The number of rotatable bonds is 4. The molecule has 0 saturated carbocycles. The quantitative estimate of drug-likeness (QED) is 0.587. The maximum Gasteiger partial charge on any atom is -0.0329 e. The van der Waals surface area contributed by atoms with Crippen LogP contribution in [0.1, 0.15) is 68.2 Å². The predicted molar refractivity (Wildman–Crippen MR) is 66.5 cm³/mol. The first-order valence-corrected chi connectivity index (χ1v) is 6.10. The Hall–Kier alpha value is 0. The van der Waals surface area contributed by atoms with Gasteiger partial charge in [-0.1, -0.05) is 61.8 Å². The fraction of sp³-hybridized carbons (Fsp3) is 1.00. The first-order valence-electron chi connectivity index (χ1n) is 6.10. The first kappa shape index (κ1) is 14.0. The minimum atomic E-state index is 0.470. The minimum absolute atomic E-state index is 0.470. The molecule has 0 bridgehead atoms. The summed E-state index contributed by atoms with van der Waals surface area (Å²) in [5, 5.41) is 0.